The number of nitrogens with one attached hydrogen (secondary N) is 1. The zero-order chi connectivity index (χ0) is 21.4. The second-order valence-corrected chi connectivity index (χ2v) is 8.10. The van der Waals surface area contributed by atoms with Crippen molar-refractivity contribution in [2.75, 3.05) is 13.2 Å². The summed E-state index contributed by atoms with van der Waals surface area (Å²) >= 11 is 3.42. The lowest BCUT2D eigenvalue weighted by atomic mass is 10.1. The first-order chi connectivity index (χ1) is 13.8. The highest BCUT2D eigenvalue weighted by molar-refractivity contribution is 9.10. The number of nitrogens with zero attached hydrogens (tertiary/aromatic N) is 1. The van der Waals surface area contributed by atoms with E-state index < -0.39 is 17.8 Å². The Bertz CT molecular complexity index is 844. The van der Waals surface area contributed by atoms with E-state index in [-0.39, 0.29) is 24.8 Å². The van der Waals surface area contributed by atoms with Gasteiger partial charge in [0.25, 0.3) is 5.91 Å². The number of para-hydroxylation sites is 1. The summed E-state index contributed by atoms with van der Waals surface area (Å²) in [6, 6.07) is 12.7. The number of hydrogen-bond donors (Lipinski definition) is 1. The van der Waals surface area contributed by atoms with Gasteiger partial charge in [-0.2, -0.15) is 0 Å². The molecule has 0 aliphatic carbocycles. The maximum absolute atomic E-state index is 13.8. The molecule has 0 spiro atoms. The van der Waals surface area contributed by atoms with E-state index in [4.69, 9.17) is 4.74 Å². The summed E-state index contributed by atoms with van der Waals surface area (Å²) in [5.74, 6) is -0.889. The number of hydrogen-bond acceptors (Lipinski definition) is 3. The van der Waals surface area contributed by atoms with Gasteiger partial charge in [0.05, 0.1) is 0 Å². The maximum Gasteiger partial charge on any atom is 0.261 e. The lowest BCUT2D eigenvalue weighted by molar-refractivity contribution is -0.142. The number of rotatable bonds is 9. The van der Waals surface area contributed by atoms with Crippen LogP contribution >= 0.6 is 15.9 Å². The smallest absolute Gasteiger partial charge is 0.261 e. The third-order valence-corrected chi connectivity index (χ3v) is 4.77. The fraction of sp³-hybridized carbons (Fsp3) is 0.364. The summed E-state index contributed by atoms with van der Waals surface area (Å²) < 4.78 is 20.0. The zero-order valence-corrected chi connectivity index (χ0v) is 18.4. The summed E-state index contributed by atoms with van der Waals surface area (Å²) in [5, 5.41) is 2.85. The molecular formula is C22H26BrFN2O3. The van der Waals surface area contributed by atoms with Gasteiger partial charge in [-0.1, -0.05) is 54.0 Å². The van der Waals surface area contributed by atoms with Crippen molar-refractivity contribution in [2.45, 2.75) is 33.4 Å². The summed E-state index contributed by atoms with van der Waals surface area (Å²) in [4.78, 5) is 26.9. The number of halogens is 2. The highest BCUT2D eigenvalue weighted by Gasteiger charge is 2.26. The fourth-order valence-electron chi connectivity index (χ4n) is 2.65. The van der Waals surface area contributed by atoms with Gasteiger partial charge in [-0.3, -0.25) is 9.59 Å². The van der Waals surface area contributed by atoms with Crippen LogP contribution in [0.2, 0.25) is 0 Å². The molecule has 0 aliphatic rings. The van der Waals surface area contributed by atoms with Crippen molar-refractivity contribution in [3.05, 3.63) is 64.4 Å². The van der Waals surface area contributed by atoms with Crippen LogP contribution in [0.25, 0.3) is 0 Å². The number of benzene rings is 2. The van der Waals surface area contributed by atoms with E-state index in [1.54, 1.807) is 19.1 Å². The average molecular weight is 465 g/mol. The predicted molar refractivity (Wildman–Crippen MR) is 114 cm³/mol. The van der Waals surface area contributed by atoms with Crippen LogP contribution in [0.15, 0.2) is 53.0 Å². The molecule has 0 heterocycles. The monoisotopic (exact) mass is 464 g/mol. The topological polar surface area (TPSA) is 58.6 Å². The Morgan fingerprint density at radius 3 is 2.52 bits per heavy atom. The highest BCUT2D eigenvalue weighted by atomic mass is 79.9. The van der Waals surface area contributed by atoms with Crippen LogP contribution in [0, 0.1) is 11.7 Å². The molecule has 2 rings (SSSR count). The Labute approximate surface area is 179 Å². The molecule has 0 saturated carbocycles. The Morgan fingerprint density at radius 2 is 1.86 bits per heavy atom. The summed E-state index contributed by atoms with van der Waals surface area (Å²) in [5.41, 5.74) is 0.863. The van der Waals surface area contributed by atoms with E-state index in [0.717, 1.165) is 10.0 Å². The number of carbonyl (C=O) groups excluding carboxylic acids is 2. The molecule has 0 saturated heterocycles. The third kappa shape index (κ3) is 7.16. The van der Waals surface area contributed by atoms with E-state index in [1.165, 1.54) is 17.0 Å². The van der Waals surface area contributed by atoms with Crippen LogP contribution in [-0.2, 0) is 16.1 Å². The van der Waals surface area contributed by atoms with Crippen molar-refractivity contribution < 1.29 is 18.7 Å². The highest BCUT2D eigenvalue weighted by Crippen LogP contribution is 2.18. The first kappa shape index (κ1) is 22.9. The minimum absolute atomic E-state index is 0.000155. The van der Waals surface area contributed by atoms with Crippen molar-refractivity contribution in [1.29, 1.82) is 0 Å². The van der Waals surface area contributed by atoms with Crippen molar-refractivity contribution in [3.63, 3.8) is 0 Å². The lowest BCUT2D eigenvalue weighted by Gasteiger charge is -2.29. The molecule has 1 N–H and O–H groups in total. The van der Waals surface area contributed by atoms with Crippen molar-refractivity contribution in [1.82, 2.24) is 10.2 Å². The van der Waals surface area contributed by atoms with Crippen LogP contribution in [0.5, 0.6) is 5.75 Å². The SMILES string of the molecule is CC(C)CNC(=O)[C@H](C)N(Cc1cccc(Br)c1)C(=O)COc1ccccc1F. The van der Waals surface area contributed by atoms with Gasteiger partial charge in [-0.25, -0.2) is 4.39 Å². The standard InChI is InChI=1S/C22H26BrFN2O3/c1-15(2)12-25-22(28)16(3)26(13-17-7-6-8-18(23)11-17)21(27)14-29-20-10-5-4-9-19(20)24/h4-11,15-16H,12-14H2,1-3H3,(H,25,28)/t16-/m0/s1. The zero-order valence-electron chi connectivity index (χ0n) is 16.8. The average Bonchev–Trinajstić information content (AvgIpc) is 2.69. The van der Waals surface area contributed by atoms with Crippen molar-refractivity contribution in [2.24, 2.45) is 5.92 Å². The van der Waals surface area contributed by atoms with Crippen molar-refractivity contribution in [3.8, 4) is 5.75 Å². The molecule has 1 atom stereocenters. The molecule has 156 valence electrons. The molecule has 0 fully saturated rings. The van der Waals surface area contributed by atoms with Gasteiger partial charge in [-0.15, -0.1) is 0 Å². The number of carbonyl (C=O) groups is 2. The molecule has 7 heteroatoms. The van der Waals surface area contributed by atoms with Crippen LogP contribution in [-0.4, -0.2) is 35.9 Å². The molecule has 0 aliphatic heterocycles. The summed E-state index contributed by atoms with van der Waals surface area (Å²) in [6.45, 7) is 6.06. The number of ether oxygens (including phenoxy) is 1. The number of amides is 2. The van der Waals surface area contributed by atoms with Crippen molar-refractivity contribution >= 4 is 27.7 Å². The van der Waals surface area contributed by atoms with Gasteiger partial charge in [-0.05, 0) is 42.7 Å². The van der Waals surface area contributed by atoms with Crippen LogP contribution in [0.1, 0.15) is 26.3 Å². The van der Waals surface area contributed by atoms with E-state index in [9.17, 15) is 14.0 Å². The van der Waals surface area contributed by atoms with Gasteiger partial charge in [0.1, 0.15) is 6.04 Å². The van der Waals surface area contributed by atoms with Gasteiger partial charge in [0.15, 0.2) is 18.2 Å². The Morgan fingerprint density at radius 1 is 1.14 bits per heavy atom. The van der Waals surface area contributed by atoms with Gasteiger partial charge >= 0.3 is 0 Å². The molecule has 0 unspecified atom stereocenters. The molecule has 5 nitrogen and oxygen atoms in total. The molecular weight excluding hydrogens is 439 g/mol. The summed E-state index contributed by atoms with van der Waals surface area (Å²) in [6.07, 6.45) is 0. The lowest BCUT2D eigenvalue weighted by Crippen LogP contribution is -2.49. The molecule has 0 aromatic heterocycles. The normalized spacial score (nSPS) is 11.8. The first-order valence-corrected chi connectivity index (χ1v) is 10.3. The minimum atomic E-state index is -0.704. The Kier molecular flexibility index (Phi) is 8.64. The molecule has 2 aromatic rings. The van der Waals surface area contributed by atoms with Gasteiger partial charge in [0, 0.05) is 17.6 Å². The second-order valence-electron chi connectivity index (χ2n) is 7.19. The van der Waals surface area contributed by atoms with E-state index >= 15 is 0 Å². The quantitative estimate of drug-likeness (QED) is 0.605. The molecule has 2 aromatic carbocycles. The van der Waals surface area contributed by atoms with Gasteiger partial charge in [0.2, 0.25) is 5.91 Å². The minimum Gasteiger partial charge on any atom is -0.481 e. The van der Waals surface area contributed by atoms with Crippen LogP contribution in [0.3, 0.4) is 0 Å². The molecule has 0 radical (unpaired) electrons. The van der Waals surface area contributed by atoms with E-state index in [1.807, 2.05) is 38.1 Å². The largest absolute Gasteiger partial charge is 0.481 e. The molecule has 2 amide bonds. The van der Waals surface area contributed by atoms with Crippen LogP contribution in [0.4, 0.5) is 4.39 Å². The Balaban J connectivity index is 2.14. The third-order valence-electron chi connectivity index (χ3n) is 4.28. The molecule has 29 heavy (non-hydrogen) atoms. The van der Waals surface area contributed by atoms with E-state index in [2.05, 4.69) is 21.2 Å². The van der Waals surface area contributed by atoms with Gasteiger partial charge < -0.3 is 15.0 Å². The first-order valence-electron chi connectivity index (χ1n) is 9.47. The molecule has 0 bridgehead atoms. The second kappa shape index (κ2) is 11.0. The Hall–Kier alpha value is -2.41. The summed E-state index contributed by atoms with van der Waals surface area (Å²) in [7, 11) is 0. The predicted octanol–water partition coefficient (Wildman–Crippen LogP) is 4.16. The maximum atomic E-state index is 13.8. The van der Waals surface area contributed by atoms with E-state index in [0.29, 0.717) is 12.5 Å². The fourth-order valence-corrected chi connectivity index (χ4v) is 3.10. The van der Waals surface area contributed by atoms with Crippen LogP contribution < -0.4 is 10.1 Å².